The highest BCUT2D eigenvalue weighted by Crippen LogP contribution is 2.33. The van der Waals surface area contributed by atoms with E-state index >= 15 is 0 Å². The van der Waals surface area contributed by atoms with E-state index in [4.69, 9.17) is 4.74 Å². The number of hydrogen-bond acceptors (Lipinski definition) is 4. The fourth-order valence-corrected chi connectivity index (χ4v) is 2.15. The molecule has 2 rings (SSSR count). The Kier molecular flexibility index (Phi) is 2.96. The standard InChI is InChI=1S/C11H9BrO4/c1-15-11(14)6-5-16-8-4-2-3-7(12)9(8)10(6)13/h2-4,6H,5H2,1H3. The molecule has 84 valence electrons. The van der Waals surface area contributed by atoms with E-state index in [0.717, 1.165) is 0 Å². The molecule has 4 nitrogen and oxygen atoms in total. The minimum Gasteiger partial charge on any atom is -0.491 e. The molecule has 0 aliphatic carbocycles. The summed E-state index contributed by atoms with van der Waals surface area (Å²) in [6.07, 6.45) is 0. The molecule has 0 radical (unpaired) electrons. The van der Waals surface area contributed by atoms with Gasteiger partial charge in [0, 0.05) is 4.47 Å². The SMILES string of the molecule is COC(=O)C1COc2cccc(Br)c2C1=O. The van der Waals surface area contributed by atoms with Crippen LogP contribution in [-0.2, 0) is 9.53 Å². The molecule has 0 saturated heterocycles. The Bertz CT molecular complexity index is 455. The fraction of sp³-hybridized carbons (Fsp3) is 0.273. The molecule has 1 aromatic rings. The summed E-state index contributed by atoms with van der Waals surface area (Å²) in [6.45, 7) is 0.0367. The van der Waals surface area contributed by atoms with E-state index in [9.17, 15) is 9.59 Å². The van der Waals surface area contributed by atoms with Crippen LogP contribution in [0.4, 0.5) is 0 Å². The predicted octanol–water partition coefficient (Wildman–Crippen LogP) is 1.81. The molecule has 0 fully saturated rings. The van der Waals surface area contributed by atoms with E-state index in [1.165, 1.54) is 7.11 Å². The number of benzene rings is 1. The molecule has 1 aliphatic heterocycles. The number of rotatable bonds is 1. The van der Waals surface area contributed by atoms with Crippen LogP contribution < -0.4 is 4.74 Å². The number of Topliss-reactive ketones (excluding diaryl/α,β-unsaturated/α-hetero) is 1. The summed E-state index contributed by atoms with van der Waals surface area (Å²) >= 11 is 3.27. The monoisotopic (exact) mass is 284 g/mol. The summed E-state index contributed by atoms with van der Waals surface area (Å²) in [4.78, 5) is 23.4. The van der Waals surface area contributed by atoms with Gasteiger partial charge in [0.25, 0.3) is 0 Å². The van der Waals surface area contributed by atoms with Gasteiger partial charge in [-0.1, -0.05) is 6.07 Å². The first kappa shape index (κ1) is 11.1. The van der Waals surface area contributed by atoms with Crippen LogP contribution in [-0.4, -0.2) is 25.5 Å². The lowest BCUT2D eigenvalue weighted by Gasteiger charge is -2.22. The average Bonchev–Trinajstić information content (AvgIpc) is 2.28. The minimum absolute atomic E-state index is 0.0367. The van der Waals surface area contributed by atoms with Crippen molar-refractivity contribution in [3.8, 4) is 5.75 Å². The lowest BCUT2D eigenvalue weighted by molar-refractivity contribution is -0.144. The zero-order valence-electron chi connectivity index (χ0n) is 8.53. The van der Waals surface area contributed by atoms with E-state index in [-0.39, 0.29) is 12.4 Å². The lowest BCUT2D eigenvalue weighted by Crippen LogP contribution is -2.35. The van der Waals surface area contributed by atoms with Gasteiger partial charge in [-0.25, -0.2) is 0 Å². The highest BCUT2D eigenvalue weighted by Gasteiger charge is 2.36. The van der Waals surface area contributed by atoms with Crippen molar-refractivity contribution in [2.45, 2.75) is 0 Å². The van der Waals surface area contributed by atoms with Crippen LogP contribution in [0.1, 0.15) is 10.4 Å². The number of ketones is 1. The molecule has 0 bridgehead atoms. The smallest absolute Gasteiger partial charge is 0.320 e. The second-order valence-corrected chi connectivity index (χ2v) is 4.22. The molecule has 0 spiro atoms. The lowest BCUT2D eigenvalue weighted by atomic mass is 9.95. The van der Waals surface area contributed by atoms with E-state index in [0.29, 0.717) is 15.8 Å². The highest BCUT2D eigenvalue weighted by molar-refractivity contribution is 9.10. The first-order chi connectivity index (χ1) is 7.65. The number of methoxy groups -OCH3 is 1. The van der Waals surface area contributed by atoms with Crippen LogP contribution in [0.5, 0.6) is 5.75 Å². The normalized spacial score (nSPS) is 18.6. The second kappa shape index (κ2) is 4.25. The number of ether oxygens (including phenoxy) is 2. The van der Waals surface area contributed by atoms with Gasteiger partial charge in [0.15, 0.2) is 11.7 Å². The van der Waals surface area contributed by atoms with Gasteiger partial charge in [0.1, 0.15) is 12.4 Å². The molecular weight excluding hydrogens is 276 g/mol. The summed E-state index contributed by atoms with van der Waals surface area (Å²) < 4.78 is 10.5. The first-order valence-corrected chi connectivity index (χ1v) is 5.48. The van der Waals surface area contributed by atoms with Gasteiger partial charge in [-0.05, 0) is 28.1 Å². The molecule has 1 heterocycles. The summed E-state index contributed by atoms with van der Waals surface area (Å²) in [7, 11) is 1.26. The van der Waals surface area contributed by atoms with E-state index in [1.54, 1.807) is 18.2 Å². The maximum absolute atomic E-state index is 12.0. The zero-order valence-corrected chi connectivity index (χ0v) is 10.1. The van der Waals surface area contributed by atoms with E-state index in [2.05, 4.69) is 20.7 Å². The highest BCUT2D eigenvalue weighted by atomic mass is 79.9. The van der Waals surface area contributed by atoms with Gasteiger partial charge in [0.05, 0.1) is 12.7 Å². The summed E-state index contributed by atoms with van der Waals surface area (Å²) in [6, 6.07) is 5.21. The van der Waals surface area contributed by atoms with Crippen LogP contribution in [0.15, 0.2) is 22.7 Å². The van der Waals surface area contributed by atoms with Crippen molar-refractivity contribution in [1.29, 1.82) is 0 Å². The van der Waals surface area contributed by atoms with Crippen molar-refractivity contribution in [2.75, 3.05) is 13.7 Å². The average molecular weight is 285 g/mol. The zero-order chi connectivity index (χ0) is 11.7. The van der Waals surface area contributed by atoms with Gasteiger partial charge < -0.3 is 9.47 Å². The van der Waals surface area contributed by atoms with Gasteiger partial charge in [-0.2, -0.15) is 0 Å². The number of fused-ring (bicyclic) bond motifs is 1. The van der Waals surface area contributed by atoms with Crippen LogP contribution in [0.3, 0.4) is 0 Å². The second-order valence-electron chi connectivity index (χ2n) is 3.36. The van der Waals surface area contributed by atoms with Gasteiger partial charge in [0.2, 0.25) is 0 Å². The minimum atomic E-state index is -0.865. The number of hydrogen-bond donors (Lipinski definition) is 0. The molecule has 0 aromatic heterocycles. The Hall–Kier alpha value is -1.36. The first-order valence-electron chi connectivity index (χ1n) is 4.68. The molecule has 1 atom stereocenters. The van der Waals surface area contributed by atoms with Crippen molar-refractivity contribution in [3.05, 3.63) is 28.2 Å². The fourth-order valence-electron chi connectivity index (χ4n) is 1.60. The molecule has 0 N–H and O–H groups in total. The van der Waals surface area contributed by atoms with Gasteiger partial charge >= 0.3 is 5.97 Å². The third-order valence-electron chi connectivity index (χ3n) is 2.43. The number of carbonyl (C=O) groups excluding carboxylic acids is 2. The van der Waals surface area contributed by atoms with Gasteiger partial charge in [-0.3, -0.25) is 9.59 Å². The van der Waals surface area contributed by atoms with Crippen LogP contribution in [0.25, 0.3) is 0 Å². The predicted molar refractivity (Wildman–Crippen MR) is 59.5 cm³/mol. The maximum Gasteiger partial charge on any atom is 0.320 e. The number of esters is 1. The maximum atomic E-state index is 12.0. The molecule has 1 aromatic carbocycles. The molecule has 16 heavy (non-hydrogen) atoms. The van der Waals surface area contributed by atoms with E-state index in [1.807, 2.05) is 0 Å². The summed E-state index contributed by atoms with van der Waals surface area (Å²) in [5, 5.41) is 0. The molecular formula is C11H9BrO4. The van der Waals surface area contributed by atoms with Crippen molar-refractivity contribution >= 4 is 27.7 Å². The van der Waals surface area contributed by atoms with E-state index < -0.39 is 11.9 Å². The summed E-state index contributed by atoms with van der Waals surface area (Å²) in [5.74, 6) is -1.19. The van der Waals surface area contributed by atoms with Crippen molar-refractivity contribution in [2.24, 2.45) is 5.92 Å². The van der Waals surface area contributed by atoms with Crippen LogP contribution in [0, 0.1) is 5.92 Å². The van der Waals surface area contributed by atoms with Crippen molar-refractivity contribution < 1.29 is 19.1 Å². The Balaban J connectivity index is 2.42. The Morgan fingerprint density at radius 3 is 3.00 bits per heavy atom. The summed E-state index contributed by atoms with van der Waals surface area (Å²) in [5.41, 5.74) is 0.407. The van der Waals surface area contributed by atoms with Crippen molar-refractivity contribution in [3.63, 3.8) is 0 Å². The number of halogens is 1. The van der Waals surface area contributed by atoms with Gasteiger partial charge in [-0.15, -0.1) is 0 Å². The van der Waals surface area contributed by atoms with Crippen LogP contribution in [0.2, 0.25) is 0 Å². The number of carbonyl (C=O) groups is 2. The Morgan fingerprint density at radius 1 is 1.56 bits per heavy atom. The van der Waals surface area contributed by atoms with Crippen molar-refractivity contribution in [1.82, 2.24) is 0 Å². The molecule has 0 amide bonds. The largest absolute Gasteiger partial charge is 0.491 e. The Labute approximate surface area is 101 Å². The molecule has 1 unspecified atom stereocenters. The van der Waals surface area contributed by atoms with Crippen LogP contribution >= 0.6 is 15.9 Å². The topological polar surface area (TPSA) is 52.6 Å². The molecule has 1 aliphatic rings. The third-order valence-corrected chi connectivity index (χ3v) is 3.09. The Morgan fingerprint density at radius 2 is 2.31 bits per heavy atom. The molecule has 0 saturated carbocycles. The quantitative estimate of drug-likeness (QED) is 0.583. The molecule has 5 heteroatoms. The third kappa shape index (κ3) is 1.71.